The minimum absolute atomic E-state index is 0.123. The van der Waals surface area contributed by atoms with Gasteiger partial charge in [0.2, 0.25) is 5.91 Å². The molecule has 3 aromatic rings. The van der Waals surface area contributed by atoms with Crippen molar-refractivity contribution in [3.05, 3.63) is 60.2 Å². The van der Waals surface area contributed by atoms with Gasteiger partial charge in [0.05, 0.1) is 23.9 Å². The summed E-state index contributed by atoms with van der Waals surface area (Å²) in [5.74, 6) is 0.581. The summed E-state index contributed by atoms with van der Waals surface area (Å²) in [6.07, 6.45) is 3.30. The van der Waals surface area contributed by atoms with Gasteiger partial charge in [-0.1, -0.05) is 18.2 Å². The zero-order valence-electron chi connectivity index (χ0n) is 12.1. The Morgan fingerprint density at radius 2 is 2.18 bits per heavy atom. The van der Waals surface area contributed by atoms with Crippen LogP contribution in [0.4, 0.5) is 0 Å². The smallest absolute Gasteiger partial charge is 0.243 e. The average Bonchev–Trinajstić information content (AvgIpc) is 3.19. The van der Waals surface area contributed by atoms with Crippen LogP contribution < -0.4 is 5.32 Å². The highest BCUT2D eigenvalue weighted by Crippen LogP contribution is 2.24. The molecule has 0 aliphatic heterocycles. The Labute approximate surface area is 127 Å². The summed E-state index contributed by atoms with van der Waals surface area (Å²) in [6, 6.07) is 12.9. The summed E-state index contributed by atoms with van der Waals surface area (Å²) in [7, 11) is 0. The number of fused-ring (bicyclic) bond motifs is 1. The van der Waals surface area contributed by atoms with Gasteiger partial charge in [0, 0.05) is 11.6 Å². The SMILES string of the molecule is CC(C(=O)NCc1ccco1)n1cc(C#N)c2ccccc21. The number of hydrogen-bond acceptors (Lipinski definition) is 3. The molecule has 1 N–H and O–H groups in total. The van der Waals surface area contributed by atoms with E-state index in [1.165, 1.54) is 0 Å². The number of carbonyl (C=O) groups excluding carboxylic acids is 1. The molecule has 0 spiro atoms. The topological polar surface area (TPSA) is 71.0 Å². The molecule has 3 rings (SSSR count). The number of hydrogen-bond donors (Lipinski definition) is 1. The Bertz CT molecular complexity index is 841. The van der Waals surface area contributed by atoms with E-state index >= 15 is 0 Å². The highest BCUT2D eigenvalue weighted by atomic mass is 16.3. The largest absolute Gasteiger partial charge is 0.467 e. The van der Waals surface area contributed by atoms with Crippen molar-refractivity contribution in [2.75, 3.05) is 0 Å². The second kappa shape index (κ2) is 5.78. The summed E-state index contributed by atoms with van der Waals surface area (Å²) < 4.78 is 7.02. The van der Waals surface area contributed by atoms with Crippen LogP contribution in [0.1, 0.15) is 24.3 Å². The van der Waals surface area contributed by atoms with E-state index in [9.17, 15) is 10.1 Å². The van der Waals surface area contributed by atoms with Gasteiger partial charge >= 0.3 is 0 Å². The first-order valence-electron chi connectivity index (χ1n) is 7.00. The number of amides is 1. The van der Waals surface area contributed by atoms with E-state index in [2.05, 4.69) is 11.4 Å². The second-order valence-electron chi connectivity index (χ2n) is 5.05. The fraction of sp³-hybridized carbons (Fsp3) is 0.176. The van der Waals surface area contributed by atoms with Crippen molar-refractivity contribution < 1.29 is 9.21 Å². The Morgan fingerprint density at radius 3 is 2.91 bits per heavy atom. The number of para-hydroxylation sites is 1. The van der Waals surface area contributed by atoms with Gasteiger partial charge in [-0.25, -0.2) is 0 Å². The van der Waals surface area contributed by atoms with Crippen LogP contribution in [-0.4, -0.2) is 10.5 Å². The molecule has 0 bridgehead atoms. The van der Waals surface area contributed by atoms with E-state index in [0.29, 0.717) is 17.9 Å². The number of rotatable bonds is 4. The minimum atomic E-state index is -0.415. The lowest BCUT2D eigenvalue weighted by atomic mass is 10.2. The number of nitriles is 1. The van der Waals surface area contributed by atoms with Crippen molar-refractivity contribution in [1.82, 2.24) is 9.88 Å². The van der Waals surface area contributed by atoms with Crippen molar-refractivity contribution >= 4 is 16.8 Å². The Balaban J connectivity index is 1.84. The van der Waals surface area contributed by atoms with Gasteiger partial charge in [-0.3, -0.25) is 4.79 Å². The predicted molar refractivity (Wildman–Crippen MR) is 81.9 cm³/mol. The van der Waals surface area contributed by atoms with Gasteiger partial charge in [0.25, 0.3) is 0 Å². The van der Waals surface area contributed by atoms with E-state index in [-0.39, 0.29) is 5.91 Å². The third kappa shape index (κ3) is 2.47. The van der Waals surface area contributed by atoms with Gasteiger partial charge in [-0.15, -0.1) is 0 Å². The zero-order chi connectivity index (χ0) is 15.5. The number of nitrogens with zero attached hydrogens (tertiary/aromatic N) is 2. The second-order valence-corrected chi connectivity index (χ2v) is 5.05. The maximum absolute atomic E-state index is 12.3. The summed E-state index contributed by atoms with van der Waals surface area (Å²) in [5, 5.41) is 12.9. The lowest BCUT2D eigenvalue weighted by molar-refractivity contribution is -0.124. The molecular formula is C17H15N3O2. The van der Waals surface area contributed by atoms with Crippen LogP contribution in [0.3, 0.4) is 0 Å². The molecule has 22 heavy (non-hydrogen) atoms. The van der Waals surface area contributed by atoms with Crippen LogP contribution in [-0.2, 0) is 11.3 Å². The van der Waals surface area contributed by atoms with E-state index in [1.807, 2.05) is 41.8 Å². The van der Waals surface area contributed by atoms with Crippen molar-refractivity contribution in [3.63, 3.8) is 0 Å². The monoisotopic (exact) mass is 293 g/mol. The summed E-state index contributed by atoms with van der Waals surface area (Å²) in [5.41, 5.74) is 1.45. The molecule has 2 aromatic heterocycles. The Kier molecular flexibility index (Phi) is 3.67. The van der Waals surface area contributed by atoms with Crippen LogP contribution >= 0.6 is 0 Å². The van der Waals surface area contributed by atoms with Crippen LogP contribution in [0.5, 0.6) is 0 Å². The molecule has 5 heteroatoms. The van der Waals surface area contributed by atoms with E-state index in [4.69, 9.17) is 4.42 Å². The van der Waals surface area contributed by atoms with E-state index in [0.717, 1.165) is 10.9 Å². The van der Waals surface area contributed by atoms with Gasteiger partial charge in [0.1, 0.15) is 17.9 Å². The minimum Gasteiger partial charge on any atom is -0.467 e. The van der Waals surface area contributed by atoms with Gasteiger partial charge in [-0.05, 0) is 25.1 Å². The third-order valence-corrected chi connectivity index (χ3v) is 3.67. The number of aromatic nitrogens is 1. The molecule has 5 nitrogen and oxygen atoms in total. The molecule has 1 amide bonds. The summed E-state index contributed by atoms with van der Waals surface area (Å²) in [4.78, 5) is 12.3. The standard InChI is InChI=1S/C17H15N3O2/c1-12(17(21)19-10-14-5-4-8-22-14)20-11-13(9-18)15-6-2-3-7-16(15)20/h2-8,11-12H,10H2,1H3,(H,19,21). The van der Waals surface area contributed by atoms with Crippen LogP contribution in [0.2, 0.25) is 0 Å². The summed E-state index contributed by atoms with van der Waals surface area (Å²) >= 11 is 0. The summed E-state index contributed by atoms with van der Waals surface area (Å²) in [6.45, 7) is 2.16. The number of benzene rings is 1. The van der Waals surface area contributed by atoms with E-state index < -0.39 is 6.04 Å². The van der Waals surface area contributed by atoms with Crippen LogP contribution in [0, 0.1) is 11.3 Å². The Hall–Kier alpha value is -3.00. The van der Waals surface area contributed by atoms with Crippen molar-refractivity contribution in [1.29, 1.82) is 5.26 Å². The van der Waals surface area contributed by atoms with Crippen LogP contribution in [0.15, 0.2) is 53.3 Å². The zero-order valence-corrected chi connectivity index (χ0v) is 12.1. The van der Waals surface area contributed by atoms with Gasteiger partial charge in [-0.2, -0.15) is 5.26 Å². The van der Waals surface area contributed by atoms with Gasteiger partial charge < -0.3 is 14.3 Å². The molecule has 0 saturated heterocycles. The molecular weight excluding hydrogens is 278 g/mol. The lowest BCUT2D eigenvalue weighted by Gasteiger charge is -2.14. The van der Waals surface area contributed by atoms with Crippen LogP contribution in [0.25, 0.3) is 10.9 Å². The fourth-order valence-corrected chi connectivity index (χ4v) is 2.48. The van der Waals surface area contributed by atoms with Crippen molar-refractivity contribution in [3.8, 4) is 6.07 Å². The molecule has 1 unspecified atom stereocenters. The van der Waals surface area contributed by atoms with E-state index in [1.54, 1.807) is 18.5 Å². The highest BCUT2D eigenvalue weighted by molar-refractivity contribution is 5.89. The third-order valence-electron chi connectivity index (χ3n) is 3.67. The molecule has 0 fully saturated rings. The fourth-order valence-electron chi connectivity index (χ4n) is 2.48. The maximum atomic E-state index is 12.3. The molecule has 0 saturated carbocycles. The first kappa shape index (κ1) is 14.0. The van der Waals surface area contributed by atoms with Gasteiger partial charge in [0.15, 0.2) is 0 Å². The van der Waals surface area contributed by atoms with Crippen molar-refractivity contribution in [2.45, 2.75) is 19.5 Å². The Morgan fingerprint density at radius 1 is 1.36 bits per heavy atom. The molecule has 1 aromatic carbocycles. The quantitative estimate of drug-likeness (QED) is 0.803. The molecule has 0 aliphatic carbocycles. The number of carbonyl (C=O) groups is 1. The average molecular weight is 293 g/mol. The number of furan rings is 1. The highest BCUT2D eigenvalue weighted by Gasteiger charge is 2.18. The molecule has 2 heterocycles. The first-order valence-corrected chi connectivity index (χ1v) is 7.00. The first-order chi connectivity index (χ1) is 10.7. The number of nitrogens with one attached hydrogen (secondary N) is 1. The molecule has 0 aliphatic rings. The van der Waals surface area contributed by atoms with Crippen molar-refractivity contribution in [2.24, 2.45) is 0 Å². The molecule has 1 atom stereocenters. The molecule has 0 radical (unpaired) electrons. The predicted octanol–water partition coefficient (Wildman–Crippen LogP) is 2.98. The maximum Gasteiger partial charge on any atom is 0.243 e. The molecule has 110 valence electrons. The normalized spacial score (nSPS) is 12.0. The lowest BCUT2D eigenvalue weighted by Crippen LogP contribution is -2.30.